The first kappa shape index (κ1) is 18.1. The molecule has 9 heteroatoms. The standard InChI is InChI=1S/C15H17BrN2O6/c1-15(2,3)23-14(21)24-18-10-7-9(16)5-4-8(10)6-11(12(18)19)22-13(17)20/h4-5,7,11H,6H2,1-3H3,(H2,17,20)/t11-/m0/s1. The molecule has 0 aromatic heterocycles. The van der Waals surface area contributed by atoms with Crippen molar-refractivity contribution in [2.75, 3.05) is 5.06 Å². The molecule has 1 heterocycles. The first-order chi connectivity index (χ1) is 11.1. The molecule has 2 amide bonds. The quantitative estimate of drug-likeness (QED) is 0.764. The summed E-state index contributed by atoms with van der Waals surface area (Å²) in [6, 6.07) is 5.08. The summed E-state index contributed by atoms with van der Waals surface area (Å²) in [6.45, 7) is 4.99. The van der Waals surface area contributed by atoms with Crippen LogP contribution in [-0.2, 0) is 25.5 Å². The second kappa shape index (κ2) is 6.68. The van der Waals surface area contributed by atoms with Crippen LogP contribution < -0.4 is 10.8 Å². The van der Waals surface area contributed by atoms with Gasteiger partial charge < -0.3 is 15.2 Å². The zero-order valence-corrected chi connectivity index (χ0v) is 15.0. The molecule has 0 fully saturated rings. The number of hydroxylamine groups is 1. The lowest BCUT2D eigenvalue weighted by molar-refractivity contribution is -0.134. The molecule has 0 unspecified atom stereocenters. The van der Waals surface area contributed by atoms with Gasteiger partial charge >= 0.3 is 18.2 Å². The largest absolute Gasteiger partial charge is 0.534 e. The third kappa shape index (κ3) is 4.38. The van der Waals surface area contributed by atoms with Gasteiger partial charge in [-0.3, -0.25) is 9.63 Å². The Bertz CT molecular complexity index is 685. The van der Waals surface area contributed by atoms with Crippen LogP contribution in [0, 0.1) is 0 Å². The maximum Gasteiger partial charge on any atom is 0.534 e. The van der Waals surface area contributed by atoms with Gasteiger partial charge in [-0.2, -0.15) is 0 Å². The summed E-state index contributed by atoms with van der Waals surface area (Å²) in [5.74, 6) is -0.731. The number of anilines is 1. The van der Waals surface area contributed by atoms with E-state index in [2.05, 4.69) is 15.9 Å². The Labute approximate surface area is 146 Å². The maximum atomic E-state index is 12.5. The van der Waals surface area contributed by atoms with E-state index in [1.54, 1.807) is 39.0 Å². The van der Waals surface area contributed by atoms with Crippen molar-refractivity contribution in [2.24, 2.45) is 5.73 Å². The third-order valence-electron chi connectivity index (χ3n) is 2.96. The number of carbonyl (C=O) groups is 3. The van der Waals surface area contributed by atoms with E-state index in [1.165, 1.54) is 0 Å². The molecule has 1 aliphatic rings. The lowest BCUT2D eigenvalue weighted by Gasteiger charge is -2.32. The van der Waals surface area contributed by atoms with Gasteiger partial charge in [0.1, 0.15) is 5.60 Å². The first-order valence-electron chi connectivity index (χ1n) is 7.06. The Morgan fingerprint density at radius 1 is 1.33 bits per heavy atom. The molecule has 0 aliphatic carbocycles. The SMILES string of the molecule is CC(C)(C)OC(=O)ON1C(=O)[C@@H](OC(N)=O)Cc2ccc(Br)cc21. The van der Waals surface area contributed by atoms with Crippen molar-refractivity contribution in [3.8, 4) is 0 Å². The maximum absolute atomic E-state index is 12.5. The number of rotatable bonds is 2. The summed E-state index contributed by atoms with van der Waals surface area (Å²) in [4.78, 5) is 40.4. The molecule has 0 bridgehead atoms. The molecular formula is C15H17BrN2O6. The van der Waals surface area contributed by atoms with E-state index in [0.717, 1.165) is 5.06 Å². The predicted octanol–water partition coefficient (Wildman–Crippen LogP) is 2.67. The van der Waals surface area contributed by atoms with Crippen LogP contribution in [0.5, 0.6) is 0 Å². The third-order valence-corrected chi connectivity index (χ3v) is 3.45. The number of amides is 2. The molecular weight excluding hydrogens is 384 g/mol. The summed E-state index contributed by atoms with van der Waals surface area (Å²) in [5, 5.41) is 0.755. The van der Waals surface area contributed by atoms with Crippen LogP contribution in [0.1, 0.15) is 26.3 Å². The van der Waals surface area contributed by atoms with Crippen molar-refractivity contribution in [2.45, 2.75) is 38.9 Å². The van der Waals surface area contributed by atoms with Crippen molar-refractivity contribution in [3.63, 3.8) is 0 Å². The zero-order chi connectivity index (χ0) is 18.1. The Morgan fingerprint density at radius 2 is 2.00 bits per heavy atom. The Kier molecular flexibility index (Phi) is 5.02. The van der Waals surface area contributed by atoms with Gasteiger partial charge in [0.2, 0.25) is 0 Å². The lowest BCUT2D eigenvalue weighted by Crippen LogP contribution is -2.48. The average molecular weight is 401 g/mol. The highest BCUT2D eigenvalue weighted by Crippen LogP contribution is 2.32. The fourth-order valence-corrected chi connectivity index (χ4v) is 2.45. The van der Waals surface area contributed by atoms with Gasteiger partial charge in [-0.25, -0.2) is 9.59 Å². The van der Waals surface area contributed by atoms with E-state index < -0.39 is 29.9 Å². The molecule has 8 nitrogen and oxygen atoms in total. The van der Waals surface area contributed by atoms with Crippen LogP contribution in [-0.4, -0.2) is 29.9 Å². The molecule has 1 aromatic carbocycles. The molecule has 0 saturated heterocycles. The van der Waals surface area contributed by atoms with Gasteiger partial charge in [0, 0.05) is 10.9 Å². The molecule has 1 aromatic rings. The van der Waals surface area contributed by atoms with Gasteiger partial charge in [0.05, 0.1) is 5.69 Å². The Morgan fingerprint density at radius 3 is 2.58 bits per heavy atom. The molecule has 0 saturated carbocycles. The highest BCUT2D eigenvalue weighted by Gasteiger charge is 2.38. The topological polar surface area (TPSA) is 108 Å². The van der Waals surface area contributed by atoms with Crippen LogP contribution in [0.25, 0.3) is 0 Å². The second-order valence-corrected chi connectivity index (χ2v) is 7.01. The van der Waals surface area contributed by atoms with E-state index in [1.807, 2.05) is 0 Å². The van der Waals surface area contributed by atoms with Gasteiger partial charge in [0.25, 0.3) is 0 Å². The van der Waals surface area contributed by atoms with Crippen molar-refractivity contribution < 1.29 is 28.7 Å². The molecule has 1 atom stereocenters. The monoisotopic (exact) mass is 400 g/mol. The van der Waals surface area contributed by atoms with Crippen molar-refractivity contribution in [1.82, 2.24) is 0 Å². The number of hydrogen-bond acceptors (Lipinski definition) is 6. The van der Waals surface area contributed by atoms with Gasteiger partial charge in [-0.15, -0.1) is 5.06 Å². The fraction of sp³-hybridized carbons (Fsp3) is 0.400. The Balaban J connectivity index is 2.32. The van der Waals surface area contributed by atoms with Crippen molar-refractivity contribution >= 4 is 39.8 Å². The summed E-state index contributed by atoms with van der Waals surface area (Å²) in [7, 11) is 0. The zero-order valence-electron chi connectivity index (χ0n) is 13.4. The minimum absolute atomic E-state index is 0.124. The van der Waals surface area contributed by atoms with Crippen LogP contribution >= 0.6 is 15.9 Å². The van der Waals surface area contributed by atoms with E-state index in [-0.39, 0.29) is 6.42 Å². The summed E-state index contributed by atoms with van der Waals surface area (Å²) in [5.41, 5.74) is 5.19. The van der Waals surface area contributed by atoms with Crippen LogP contribution in [0.2, 0.25) is 0 Å². The number of nitrogens with two attached hydrogens (primary N) is 1. The number of fused-ring (bicyclic) bond motifs is 1. The van der Waals surface area contributed by atoms with Crippen molar-refractivity contribution in [1.29, 1.82) is 0 Å². The van der Waals surface area contributed by atoms with Crippen LogP contribution in [0.15, 0.2) is 22.7 Å². The summed E-state index contributed by atoms with van der Waals surface area (Å²) >= 11 is 3.29. The molecule has 2 rings (SSSR count). The number of benzene rings is 1. The van der Waals surface area contributed by atoms with Crippen LogP contribution in [0.3, 0.4) is 0 Å². The smallest absolute Gasteiger partial charge is 0.436 e. The van der Waals surface area contributed by atoms with E-state index in [9.17, 15) is 14.4 Å². The highest BCUT2D eigenvalue weighted by atomic mass is 79.9. The summed E-state index contributed by atoms with van der Waals surface area (Å²) < 4.78 is 10.5. The number of halogens is 1. The molecule has 0 radical (unpaired) electrons. The number of carbonyl (C=O) groups excluding carboxylic acids is 3. The van der Waals surface area contributed by atoms with E-state index in [4.69, 9.17) is 20.0 Å². The molecule has 0 spiro atoms. The molecule has 130 valence electrons. The highest BCUT2D eigenvalue weighted by molar-refractivity contribution is 9.10. The summed E-state index contributed by atoms with van der Waals surface area (Å²) in [6.07, 6.45) is -3.20. The van der Waals surface area contributed by atoms with Gasteiger partial charge in [0.15, 0.2) is 6.10 Å². The molecule has 1 aliphatic heterocycles. The van der Waals surface area contributed by atoms with Gasteiger partial charge in [-0.05, 0) is 38.5 Å². The minimum Gasteiger partial charge on any atom is -0.436 e. The van der Waals surface area contributed by atoms with E-state index in [0.29, 0.717) is 15.7 Å². The molecule has 24 heavy (non-hydrogen) atoms. The Hall–Kier alpha value is -2.29. The lowest BCUT2D eigenvalue weighted by atomic mass is 10.0. The number of nitrogens with zero attached hydrogens (tertiary/aromatic N) is 1. The number of hydrogen-bond donors (Lipinski definition) is 1. The second-order valence-electron chi connectivity index (χ2n) is 6.09. The molecule has 2 N–H and O–H groups in total. The number of primary amides is 1. The fourth-order valence-electron chi connectivity index (χ4n) is 2.10. The van der Waals surface area contributed by atoms with Crippen molar-refractivity contribution in [3.05, 3.63) is 28.2 Å². The van der Waals surface area contributed by atoms with Crippen LogP contribution in [0.4, 0.5) is 15.3 Å². The van der Waals surface area contributed by atoms with E-state index >= 15 is 0 Å². The normalized spacial score (nSPS) is 17.1. The predicted molar refractivity (Wildman–Crippen MR) is 87.1 cm³/mol. The first-order valence-corrected chi connectivity index (χ1v) is 7.85. The minimum atomic E-state index is -1.18. The average Bonchev–Trinajstić information content (AvgIpc) is 2.41. The number of ether oxygens (including phenoxy) is 2. The van der Waals surface area contributed by atoms with Gasteiger partial charge in [-0.1, -0.05) is 22.0 Å².